The lowest BCUT2D eigenvalue weighted by Crippen LogP contribution is -2.53. The van der Waals surface area contributed by atoms with Gasteiger partial charge in [-0.3, -0.25) is 9.69 Å². The monoisotopic (exact) mass is 292 g/mol. The smallest absolute Gasteiger partial charge is 0.239 e. The van der Waals surface area contributed by atoms with Gasteiger partial charge in [-0.25, -0.2) is 4.98 Å². The summed E-state index contributed by atoms with van der Waals surface area (Å²) >= 11 is 0. The van der Waals surface area contributed by atoms with E-state index < -0.39 is 0 Å². The van der Waals surface area contributed by atoms with Crippen molar-refractivity contribution in [1.82, 2.24) is 15.2 Å². The Morgan fingerprint density at radius 2 is 2.29 bits per heavy atom. The van der Waals surface area contributed by atoms with E-state index in [0.29, 0.717) is 26.3 Å². The molecule has 1 atom stereocenters. The van der Waals surface area contributed by atoms with Crippen molar-refractivity contribution in [3.63, 3.8) is 0 Å². The summed E-state index contributed by atoms with van der Waals surface area (Å²) in [5.41, 5.74) is 1.10. The molecule has 6 heteroatoms. The second-order valence-corrected chi connectivity index (χ2v) is 5.04. The van der Waals surface area contributed by atoms with Crippen LogP contribution in [-0.4, -0.2) is 54.7 Å². The second kappa shape index (κ2) is 7.95. The van der Waals surface area contributed by atoms with Gasteiger partial charge >= 0.3 is 0 Å². The van der Waals surface area contributed by atoms with Gasteiger partial charge in [-0.05, 0) is 25.5 Å². The molecule has 1 aromatic heterocycles. The number of morpholine rings is 1. The Balaban J connectivity index is 1.99. The van der Waals surface area contributed by atoms with Gasteiger partial charge in [-0.15, -0.1) is 0 Å². The van der Waals surface area contributed by atoms with Crippen LogP contribution in [0.1, 0.15) is 19.4 Å². The topological polar surface area (TPSA) is 66.5 Å². The summed E-state index contributed by atoms with van der Waals surface area (Å²) in [5.74, 6) is 0.915. The molecule has 0 aromatic carbocycles. The number of anilines is 1. The molecule has 0 radical (unpaired) electrons. The van der Waals surface area contributed by atoms with Crippen LogP contribution < -0.4 is 10.6 Å². The Morgan fingerprint density at radius 3 is 2.95 bits per heavy atom. The lowest BCUT2D eigenvalue weighted by Gasteiger charge is -2.34. The van der Waals surface area contributed by atoms with Gasteiger partial charge in [0.2, 0.25) is 5.91 Å². The Bertz CT molecular complexity index is 449. The highest BCUT2D eigenvalue weighted by Gasteiger charge is 2.28. The molecule has 1 unspecified atom stereocenters. The predicted octanol–water partition coefficient (Wildman–Crippen LogP) is 0.850. The minimum absolute atomic E-state index is 0.0365. The van der Waals surface area contributed by atoms with Gasteiger partial charge < -0.3 is 15.4 Å². The molecule has 1 saturated heterocycles. The highest BCUT2D eigenvalue weighted by Crippen LogP contribution is 2.13. The van der Waals surface area contributed by atoms with Crippen LogP contribution in [0.4, 0.5) is 5.82 Å². The van der Waals surface area contributed by atoms with Crippen molar-refractivity contribution in [2.75, 3.05) is 38.2 Å². The van der Waals surface area contributed by atoms with Crippen LogP contribution in [0.25, 0.3) is 0 Å². The SMILES string of the molecule is CCNC(=O)C1COCCN1Cc1ccc(NCC)nc1. The van der Waals surface area contributed by atoms with Crippen LogP contribution in [0, 0.1) is 0 Å². The normalized spacial score (nSPS) is 19.2. The zero-order chi connectivity index (χ0) is 15.1. The van der Waals surface area contributed by atoms with E-state index in [1.807, 2.05) is 26.1 Å². The van der Waals surface area contributed by atoms with Gasteiger partial charge in [0.15, 0.2) is 0 Å². The first-order valence-corrected chi connectivity index (χ1v) is 7.53. The van der Waals surface area contributed by atoms with E-state index in [0.717, 1.165) is 24.5 Å². The van der Waals surface area contributed by atoms with Crippen molar-refractivity contribution < 1.29 is 9.53 Å². The van der Waals surface area contributed by atoms with E-state index in [1.54, 1.807) is 0 Å². The van der Waals surface area contributed by atoms with Crippen molar-refractivity contribution in [2.24, 2.45) is 0 Å². The van der Waals surface area contributed by atoms with Gasteiger partial charge in [0.05, 0.1) is 13.2 Å². The maximum atomic E-state index is 12.1. The number of carbonyl (C=O) groups excluding carboxylic acids is 1. The van der Waals surface area contributed by atoms with E-state index in [4.69, 9.17) is 4.74 Å². The lowest BCUT2D eigenvalue weighted by molar-refractivity contribution is -0.132. The number of likely N-dealkylation sites (N-methyl/N-ethyl adjacent to an activating group) is 1. The molecular weight excluding hydrogens is 268 g/mol. The number of rotatable bonds is 6. The number of pyridine rings is 1. The molecule has 0 saturated carbocycles. The lowest BCUT2D eigenvalue weighted by atomic mass is 10.1. The highest BCUT2D eigenvalue weighted by atomic mass is 16.5. The van der Waals surface area contributed by atoms with Crippen LogP contribution in [0.15, 0.2) is 18.3 Å². The molecule has 0 spiro atoms. The van der Waals surface area contributed by atoms with E-state index in [9.17, 15) is 4.79 Å². The number of nitrogens with zero attached hydrogens (tertiary/aromatic N) is 2. The van der Waals surface area contributed by atoms with Crippen molar-refractivity contribution in [3.05, 3.63) is 23.9 Å². The van der Waals surface area contributed by atoms with Crippen LogP contribution >= 0.6 is 0 Å². The van der Waals surface area contributed by atoms with E-state index in [-0.39, 0.29) is 11.9 Å². The van der Waals surface area contributed by atoms with E-state index in [1.165, 1.54) is 0 Å². The molecule has 1 aromatic rings. The number of aromatic nitrogens is 1. The number of hydrogen-bond acceptors (Lipinski definition) is 5. The molecule has 2 heterocycles. The molecule has 0 bridgehead atoms. The summed E-state index contributed by atoms with van der Waals surface area (Å²) in [5, 5.41) is 6.04. The van der Waals surface area contributed by atoms with Gasteiger partial charge in [0.1, 0.15) is 11.9 Å². The van der Waals surface area contributed by atoms with Crippen LogP contribution in [-0.2, 0) is 16.1 Å². The third kappa shape index (κ3) is 4.41. The van der Waals surface area contributed by atoms with Crippen LogP contribution in [0.2, 0.25) is 0 Å². The number of amides is 1. The predicted molar refractivity (Wildman–Crippen MR) is 82.1 cm³/mol. The van der Waals surface area contributed by atoms with E-state index >= 15 is 0 Å². The summed E-state index contributed by atoms with van der Waals surface area (Å²) in [6.45, 7) is 8.06. The van der Waals surface area contributed by atoms with Crippen LogP contribution in [0.5, 0.6) is 0 Å². The maximum absolute atomic E-state index is 12.1. The number of nitrogens with one attached hydrogen (secondary N) is 2. The van der Waals surface area contributed by atoms with Gasteiger partial charge in [-0.2, -0.15) is 0 Å². The summed E-state index contributed by atoms with van der Waals surface area (Å²) in [4.78, 5) is 18.6. The zero-order valence-corrected chi connectivity index (χ0v) is 12.8. The van der Waals surface area contributed by atoms with Gasteiger partial charge in [0, 0.05) is 32.4 Å². The zero-order valence-electron chi connectivity index (χ0n) is 12.8. The summed E-state index contributed by atoms with van der Waals surface area (Å²) in [6.07, 6.45) is 1.86. The van der Waals surface area contributed by atoms with Crippen molar-refractivity contribution in [1.29, 1.82) is 0 Å². The third-order valence-electron chi connectivity index (χ3n) is 3.46. The fourth-order valence-electron chi connectivity index (χ4n) is 2.40. The molecule has 2 N–H and O–H groups in total. The average molecular weight is 292 g/mol. The molecule has 1 amide bonds. The molecule has 116 valence electrons. The molecule has 1 aliphatic heterocycles. The number of hydrogen-bond donors (Lipinski definition) is 2. The molecule has 1 aliphatic rings. The average Bonchev–Trinajstić information content (AvgIpc) is 2.50. The molecule has 2 rings (SSSR count). The Hall–Kier alpha value is -1.66. The Kier molecular flexibility index (Phi) is 5.95. The first-order valence-electron chi connectivity index (χ1n) is 7.53. The summed E-state index contributed by atoms with van der Waals surface area (Å²) in [7, 11) is 0. The first-order chi connectivity index (χ1) is 10.2. The Morgan fingerprint density at radius 1 is 1.43 bits per heavy atom. The Labute approximate surface area is 125 Å². The fourth-order valence-corrected chi connectivity index (χ4v) is 2.40. The molecule has 6 nitrogen and oxygen atoms in total. The first kappa shape index (κ1) is 15.7. The fraction of sp³-hybridized carbons (Fsp3) is 0.600. The van der Waals surface area contributed by atoms with Crippen molar-refractivity contribution in [3.8, 4) is 0 Å². The second-order valence-electron chi connectivity index (χ2n) is 5.04. The van der Waals surface area contributed by atoms with Crippen molar-refractivity contribution >= 4 is 11.7 Å². The molecule has 21 heavy (non-hydrogen) atoms. The van der Waals surface area contributed by atoms with Gasteiger partial charge in [-0.1, -0.05) is 6.07 Å². The summed E-state index contributed by atoms with van der Waals surface area (Å²) < 4.78 is 5.44. The molecular formula is C15H24N4O2. The van der Waals surface area contributed by atoms with Gasteiger partial charge in [0.25, 0.3) is 0 Å². The maximum Gasteiger partial charge on any atom is 0.239 e. The number of carbonyl (C=O) groups is 1. The highest BCUT2D eigenvalue weighted by molar-refractivity contribution is 5.81. The quantitative estimate of drug-likeness (QED) is 0.814. The van der Waals surface area contributed by atoms with Crippen LogP contribution in [0.3, 0.4) is 0 Å². The number of ether oxygens (including phenoxy) is 1. The van der Waals surface area contributed by atoms with E-state index in [2.05, 4.69) is 26.6 Å². The minimum atomic E-state index is -0.216. The summed E-state index contributed by atoms with van der Waals surface area (Å²) in [6, 6.07) is 3.81. The molecule has 1 fully saturated rings. The molecule has 0 aliphatic carbocycles. The minimum Gasteiger partial charge on any atom is -0.378 e. The standard InChI is InChI=1S/C15H24N4O2/c1-3-16-14-6-5-12(9-18-14)10-19-7-8-21-11-13(19)15(20)17-4-2/h5-6,9,13H,3-4,7-8,10-11H2,1-2H3,(H,16,18)(H,17,20). The third-order valence-corrected chi connectivity index (χ3v) is 3.46. The van der Waals surface area contributed by atoms with Crippen molar-refractivity contribution in [2.45, 2.75) is 26.4 Å². The largest absolute Gasteiger partial charge is 0.378 e.